The average molecular weight is 432 g/mol. The van der Waals surface area contributed by atoms with Gasteiger partial charge in [0.1, 0.15) is 6.04 Å². The Morgan fingerprint density at radius 2 is 1.93 bits per heavy atom. The molecule has 0 aromatic heterocycles. The van der Waals surface area contributed by atoms with E-state index in [1.807, 2.05) is 18.2 Å². The lowest BCUT2D eigenvalue weighted by molar-refractivity contribution is -0.130. The first-order valence-corrected chi connectivity index (χ1v) is 9.73. The second-order valence-electron chi connectivity index (χ2n) is 6.77. The Labute approximate surface area is 178 Å². The molecule has 2 aromatic rings. The van der Waals surface area contributed by atoms with Crippen LogP contribution >= 0.6 is 23.8 Å². The minimum Gasteiger partial charge on any atom is -0.454 e. The van der Waals surface area contributed by atoms with Gasteiger partial charge in [-0.3, -0.25) is 14.5 Å². The third-order valence-electron chi connectivity index (χ3n) is 4.82. The Kier molecular flexibility index (Phi) is 5.29. The summed E-state index contributed by atoms with van der Waals surface area (Å²) in [6.07, 6.45) is -0.0174. The lowest BCUT2D eigenvalue weighted by atomic mass is 10.1. The zero-order valence-corrected chi connectivity index (χ0v) is 17.1. The number of benzene rings is 2. The van der Waals surface area contributed by atoms with Gasteiger partial charge >= 0.3 is 0 Å². The van der Waals surface area contributed by atoms with Crippen molar-refractivity contribution in [2.75, 3.05) is 19.2 Å². The Morgan fingerprint density at radius 1 is 1.21 bits per heavy atom. The van der Waals surface area contributed by atoms with Crippen LogP contribution in [-0.2, 0) is 16.1 Å². The van der Waals surface area contributed by atoms with Gasteiger partial charge in [0.15, 0.2) is 16.6 Å². The van der Waals surface area contributed by atoms with Crippen LogP contribution in [0.2, 0.25) is 5.02 Å². The number of halogens is 1. The number of amides is 2. The molecule has 150 valence electrons. The summed E-state index contributed by atoms with van der Waals surface area (Å²) >= 11 is 11.3. The largest absolute Gasteiger partial charge is 0.454 e. The summed E-state index contributed by atoms with van der Waals surface area (Å²) in [5, 5.41) is 3.76. The highest BCUT2D eigenvalue weighted by atomic mass is 35.5. The molecule has 2 amide bonds. The third-order valence-corrected chi connectivity index (χ3v) is 5.58. The molecule has 1 N–H and O–H groups in total. The molecule has 0 saturated carbocycles. The number of nitrogens with one attached hydrogen (secondary N) is 1. The van der Waals surface area contributed by atoms with E-state index < -0.39 is 6.04 Å². The molecule has 0 spiro atoms. The summed E-state index contributed by atoms with van der Waals surface area (Å²) in [7, 11) is 1.62. The van der Waals surface area contributed by atoms with Crippen molar-refractivity contribution in [2.24, 2.45) is 0 Å². The molecule has 29 heavy (non-hydrogen) atoms. The fourth-order valence-electron chi connectivity index (χ4n) is 3.31. The van der Waals surface area contributed by atoms with Crippen molar-refractivity contribution < 1.29 is 19.1 Å². The first kappa shape index (κ1) is 19.5. The first-order valence-electron chi connectivity index (χ1n) is 8.94. The molecule has 0 bridgehead atoms. The van der Waals surface area contributed by atoms with Gasteiger partial charge in [0.25, 0.3) is 5.91 Å². The van der Waals surface area contributed by atoms with Crippen LogP contribution < -0.4 is 14.8 Å². The molecule has 1 fully saturated rings. The molecular formula is C20H18ClN3O4S. The number of carbonyl (C=O) groups excluding carboxylic acids is 2. The van der Waals surface area contributed by atoms with E-state index in [-0.39, 0.29) is 25.0 Å². The normalized spacial score (nSPS) is 17.8. The highest BCUT2D eigenvalue weighted by Gasteiger charge is 2.41. The van der Waals surface area contributed by atoms with Crippen molar-refractivity contribution in [3.05, 3.63) is 53.1 Å². The number of anilines is 1. The van der Waals surface area contributed by atoms with E-state index in [1.165, 1.54) is 4.90 Å². The maximum Gasteiger partial charge on any atom is 0.251 e. The van der Waals surface area contributed by atoms with Gasteiger partial charge < -0.3 is 19.7 Å². The quantitative estimate of drug-likeness (QED) is 0.734. The SMILES string of the molecule is CN1C(=O)C(CC(=O)Nc2ccc(Cl)cc2)N(Cc2ccc3c(c2)OCO3)C1=S. The van der Waals surface area contributed by atoms with Crippen molar-refractivity contribution in [3.63, 3.8) is 0 Å². The summed E-state index contributed by atoms with van der Waals surface area (Å²) in [6.45, 7) is 0.570. The van der Waals surface area contributed by atoms with Gasteiger partial charge in [0, 0.05) is 24.3 Å². The monoisotopic (exact) mass is 431 g/mol. The van der Waals surface area contributed by atoms with E-state index in [9.17, 15) is 9.59 Å². The number of likely N-dealkylation sites (N-methyl/N-ethyl adjacent to an activating group) is 1. The molecule has 4 rings (SSSR count). The van der Waals surface area contributed by atoms with E-state index >= 15 is 0 Å². The van der Waals surface area contributed by atoms with Crippen molar-refractivity contribution in [1.29, 1.82) is 0 Å². The maximum atomic E-state index is 12.7. The fourth-order valence-corrected chi connectivity index (χ4v) is 3.72. The minimum absolute atomic E-state index is 0.0174. The van der Waals surface area contributed by atoms with E-state index in [1.54, 1.807) is 36.2 Å². The second-order valence-corrected chi connectivity index (χ2v) is 7.57. The number of thiocarbonyl (C=S) groups is 1. The van der Waals surface area contributed by atoms with Crippen molar-refractivity contribution in [1.82, 2.24) is 9.80 Å². The molecule has 1 atom stereocenters. The summed E-state index contributed by atoms with van der Waals surface area (Å²) in [5.41, 5.74) is 1.52. The van der Waals surface area contributed by atoms with Crippen LogP contribution in [-0.4, -0.2) is 46.6 Å². The van der Waals surface area contributed by atoms with Gasteiger partial charge in [-0.25, -0.2) is 0 Å². The first-order chi connectivity index (χ1) is 13.9. The van der Waals surface area contributed by atoms with E-state index in [4.69, 9.17) is 33.3 Å². The Balaban J connectivity index is 1.49. The number of fused-ring (bicyclic) bond motifs is 1. The van der Waals surface area contributed by atoms with Crippen LogP contribution in [0.5, 0.6) is 11.5 Å². The molecule has 7 nitrogen and oxygen atoms in total. The molecule has 2 heterocycles. The van der Waals surface area contributed by atoms with Crippen LogP contribution in [0.3, 0.4) is 0 Å². The van der Waals surface area contributed by atoms with Gasteiger partial charge in [-0.2, -0.15) is 0 Å². The third kappa shape index (κ3) is 3.99. The summed E-state index contributed by atoms with van der Waals surface area (Å²) < 4.78 is 10.7. The number of carbonyl (C=O) groups is 2. The number of rotatable bonds is 5. The fraction of sp³-hybridized carbons (Fsp3) is 0.250. The summed E-state index contributed by atoms with van der Waals surface area (Å²) in [4.78, 5) is 28.4. The molecular weight excluding hydrogens is 414 g/mol. The van der Waals surface area contributed by atoms with Crippen LogP contribution in [0, 0.1) is 0 Å². The van der Waals surface area contributed by atoms with Crippen molar-refractivity contribution >= 4 is 46.4 Å². The zero-order chi connectivity index (χ0) is 20.5. The molecule has 1 unspecified atom stereocenters. The summed E-state index contributed by atoms with van der Waals surface area (Å²) in [5.74, 6) is 0.857. The highest BCUT2D eigenvalue weighted by Crippen LogP contribution is 2.33. The van der Waals surface area contributed by atoms with Crippen LogP contribution in [0.4, 0.5) is 5.69 Å². The number of ether oxygens (including phenoxy) is 2. The van der Waals surface area contributed by atoms with Gasteiger partial charge in [-0.1, -0.05) is 17.7 Å². The Bertz CT molecular complexity index is 982. The van der Waals surface area contributed by atoms with Crippen LogP contribution in [0.15, 0.2) is 42.5 Å². The number of hydrogen-bond donors (Lipinski definition) is 1. The molecule has 9 heteroatoms. The Hall–Kier alpha value is -2.84. The van der Waals surface area contributed by atoms with Gasteiger partial charge in [0.2, 0.25) is 12.7 Å². The smallest absolute Gasteiger partial charge is 0.251 e. The minimum atomic E-state index is -0.676. The number of hydrogen-bond acceptors (Lipinski definition) is 5. The predicted molar refractivity (Wildman–Crippen MR) is 112 cm³/mol. The molecule has 1 saturated heterocycles. The van der Waals surface area contributed by atoms with E-state index in [0.717, 1.165) is 5.56 Å². The maximum absolute atomic E-state index is 12.7. The van der Waals surface area contributed by atoms with Crippen LogP contribution in [0.25, 0.3) is 0 Å². The number of nitrogens with zero attached hydrogens (tertiary/aromatic N) is 2. The average Bonchev–Trinajstić information content (AvgIpc) is 3.24. The van der Waals surface area contributed by atoms with Gasteiger partial charge in [0.05, 0.1) is 6.42 Å². The lowest BCUT2D eigenvalue weighted by Gasteiger charge is -2.23. The van der Waals surface area contributed by atoms with Crippen molar-refractivity contribution in [2.45, 2.75) is 19.0 Å². The lowest BCUT2D eigenvalue weighted by Crippen LogP contribution is -2.37. The molecule has 0 radical (unpaired) electrons. The molecule has 2 aromatic carbocycles. The standard InChI is InChI=1S/C20H18ClN3O4S/c1-23-19(26)15(9-18(25)22-14-5-3-13(21)4-6-14)24(20(23)29)10-12-2-7-16-17(8-12)28-11-27-16/h2-8,15H,9-11H2,1H3,(H,22,25). The summed E-state index contributed by atoms with van der Waals surface area (Å²) in [6, 6.07) is 11.7. The van der Waals surface area contributed by atoms with Crippen molar-refractivity contribution in [3.8, 4) is 11.5 Å². The Morgan fingerprint density at radius 3 is 2.69 bits per heavy atom. The second kappa shape index (κ2) is 7.88. The zero-order valence-electron chi connectivity index (χ0n) is 15.6. The predicted octanol–water partition coefficient (Wildman–Crippen LogP) is 3.03. The van der Waals surface area contributed by atoms with Gasteiger partial charge in [-0.05, 0) is 54.2 Å². The van der Waals surface area contributed by atoms with Crippen LogP contribution in [0.1, 0.15) is 12.0 Å². The van der Waals surface area contributed by atoms with E-state index in [2.05, 4.69) is 5.32 Å². The van der Waals surface area contributed by atoms with E-state index in [0.29, 0.717) is 33.9 Å². The molecule has 2 aliphatic heterocycles. The molecule has 0 aliphatic carbocycles. The highest BCUT2D eigenvalue weighted by molar-refractivity contribution is 7.80. The van der Waals surface area contributed by atoms with Gasteiger partial charge in [-0.15, -0.1) is 0 Å². The molecule has 2 aliphatic rings. The topological polar surface area (TPSA) is 71.1 Å².